The van der Waals surface area contributed by atoms with E-state index in [1.165, 1.54) is 0 Å². The van der Waals surface area contributed by atoms with Gasteiger partial charge in [-0.25, -0.2) is 18.1 Å². The number of halogens is 1. The van der Waals surface area contributed by atoms with Crippen molar-refractivity contribution in [3.8, 4) is 0 Å². The van der Waals surface area contributed by atoms with Gasteiger partial charge in [0.1, 0.15) is 5.82 Å². The Hall–Kier alpha value is -0.400. The summed E-state index contributed by atoms with van der Waals surface area (Å²) in [6.45, 7) is 6.91. The summed E-state index contributed by atoms with van der Waals surface area (Å²) in [5.41, 5.74) is 0. The average molecular weight is 338 g/mol. The largest absolute Gasteiger partial charge is 0.334 e. The highest BCUT2D eigenvalue weighted by atomic mass is 79.9. The third kappa shape index (κ3) is 4.07. The van der Waals surface area contributed by atoms with Gasteiger partial charge >= 0.3 is 0 Å². The van der Waals surface area contributed by atoms with Gasteiger partial charge in [-0.05, 0) is 20.3 Å². The molecule has 1 aromatic heterocycles. The molecule has 1 N–H and O–H groups in total. The molecule has 1 aromatic rings. The van der Waals surface area contributed by atoms with E-state index in [1.807, 2.05) is 11.5 Å². The van der Waals surface area contributed by atoms with Crippen molar-refractivity contribution in [3.63, 3.8) is 0 Å². The normalized spacial score (nSPS) is 13.8. The van der Waals surface area contributed by atoms with E-state index in [9.17, 15) is 8.42 Å². The van der Waals surface area contributed by atoms with E-state index >= 15 is 0 Å². The summed E-state index contributed by atoms with van der Waals surface area (Å²) in [5, 5.41) is 0.0954. The van der Waals surface area contributed by atoms with Crippen molar-refractivity contribution in [1.82, 2.24) is 14.3 Å². The summed E-state index contributed by atoms with van der Waals surface area (Å²) in [7, 11) is -3.50. The first-order chi connectivity index (χ1) is 8.40. The minimum atomic E-state index is -3.50. The van der Waals surface area contributed by atoms with Crippen LogP contribution < -0.4 is 4.72 Å². The molecule has 1 rings (SSSR count). The highest BCUT2D eigenvalue weighted by molar-refractivity contribution is 9.09. The van der Waals surface area contributed by atoms with Gasteiger partial charge in [-0.1, -0.05) is 29.3 Å². The Morgan fingerprint density at radius 3 is 2.67 bits per heavy atom. The molecule has 1 unspecified atom stereocenters. The van der Waals surface area contributed by atoms with Gasteiger partial charge in [-0.2, -0.15) is 0 Å². The molecule has 0 saturated carbocycles. The lowest BCUT2D eigenvalue weighted by atomic mass is 10.2. The smallest absolute Gasteiger partial charge is 0.259 e. The van der Waals surface area contributed by atoms with Crippen molar-refractivity contribution < 1.29 is 8.42 Å². The number of alkyl halides is 1. The van der Waals surface area contributed by atoms with Crippen LogP contribution in [0, 0.1) is 6.92 Å². The van der Waals surface area contributed by atoms with Crippen molar-refractivity contribution in [2.24, 2.45) is 0 Å². The van der Waals surface area contributed by atoms with Gasteiger partial charge in [0.15, 0.2) is 5.03 Å². The third-order valence-electron chi connectivity index (χ3n) is 2.67. The second kappa shape index (κ2) is 6.68. The first-order valence-electron chi connectivity index (χ1n) is 6.08. The fourth-order valence-corrected chi connectivity index (χ4v) is 3.54. The number of sulfonamides is 1. The van der Waals surface area contributed by atoms with Gasteiger partial charge in [-0.15, -0.1) is 0 Å². The van der Waals surface area contributed by atoms with Crippen LogP contribution in [0.1, 0.15) is 32.5 Å². The SMILES string of the molecule is CCCC(Br)CNS(=O)(=O)c1cn(CC)c(C)n1. The number of imidazole rings is 1. The van der Waals surface area contributed by atoms with E-state index in [-0.39, 0.29) is 9.85 Å². The molecule has 0 aliphatic rings. The summed E-state index contributed by atoms with van der Waals surface area (Å²) < 4.78 is 28.4. The fraction of sp³-hybridized carbons (Fsp3) is 0.727. The Morgan fingerprint density at radius 2 is 2.17 bits per heavy atom. The molecule has 1 atom stereocenters. The second-order valence-electron chi connectivity index (χ2n) is 4.15. The summed E-state index contributed by atoms with van der Waals surface area (Å²) in [5.74, 6) is 0.710. The standard InChI is InChI=1S/C11H20BrN3O2S/c1-4-6-10(12)7-13-18(16,17)11-8-15(5-2)9(3)14-11/h8,10,13H,4-7H2,1-3H3. The van der Waals surface area contributed by atoms with E-state index < -0.39 is 10.0 Å². The zero-order valence-electron chi connectivity index (χ0n) is 11.0. The van der Waals surface area contributed by atoms with Crippen LogP contribution in [0.2, 0.25) is 0 Å². The molecule has 0 saturated heterocycles. The van der Waals surface area contributed by atoms with E-state index in [0.717, 1.165) is 12.8 Å². The Kier molecular flexibility index (Phi) is 5.81. The highest BCUT2D eigenvalue weighted by Crippen LogP contribution is 2.11. The predicted octanol–water partition coefficient (Wildman–Crippen LogP) is 2.05. The van der Waals surface area contributed by atoms with Crippen LogP contribution in [-0.4, -0.2) is 29.3 Å². The summed E-state index contributed by atoms with van der Waals surface area (Å²) in [4.78, 5) is 4.23. The van der Waals surface area contributed by atoms with Crippen LogP contribution in [-0.2, 0) is 16.6 Å². The number of aromatic nitrogens is 2. The van der Waals surface area contributed by atoms with Gasteiger partial charge in [0.25, 0.3) is 10.0 Å². The van der Waals surface area contributed by atoms with Crippen LogP contribution in [0.4, 0.5) is 0 Å². The maximum absolute atomic E-state index is 12.0. The molecule has 18 heavy (non-hydrogen) atoms. The predicted molar refractivity (Wildman–Crippen MR) is 75.4 cm³/mol. The van der Waals surface area contributed by atoms with Crippen LogP contribution >= 0.6 is 15.9 Å². The van der Waals surface area contributed by atoms with Crippen LogP contribution in [0.15, 0.2) is 11.2 Å². The number of nitrogens with zero attached hydrogens (tertiary/aromatic N) is 2. The van der Waals surface area contributed by atoms with Crippen molar-refractivity contribution >= 4 is 26.0 Å². The van der Waals surface area contributed by atoms with Crippen molar-refractivity contribution in [2.45, 2.75) is 50.0 Å². The molecule has 7 heteroatoms. The lowest BCUT2D eigenvalue weighted by Crippen LogP contribution is -2.29. The van der Waals surface area contributed by atoms with E-state index in [0.29, 0.717) is 18.9 Å². The number of hydrogen-bond acceptors (Lipinski definition) is 3. The number of hydrogen-bond donors (Lipinski definition) is 1. The van der Waals surface area contributed by atoms with Gasteiger partial charge < -0.3 is 4.57 Å². The molecule has 0 spiro atoms. The molecular formula is C11H20BrN3O2S. The maximum atomic E-state index is 12.0. The molecule has 0 radical (unpaired) electrons. The van der Waals surface area contributed by atoms with Crippen molar-refractivity contribution in [2.75, 3.05) is 6.54 Å². The molecule has 1 heterocycles. The quantitative estimate of drug-likeness (QED) is 0.774. The first kappa shape index (κ1) is 15.7. The van der Waals surface area contributed by atoms with Crippen LogP contribution in [0.3, 0.4) is 0 Å². The Labute approximate surface area is 117 Å². The Morgan fingerprint density at radius 1 is 1.50 bits per heavy atom. The van der Waals surface area contributed by atoms with Crippen LogP contribution in [0.25, 0.3) is 0 Å². The van der Waals surface area contributed by atoms with Gasteiger partial charge in [0.05, 0.1) is 0 Å². The summed E-state index contributed by atoms with van der Waals surface area (Å²) in [6.07, 6.45) is 3.52. The second-order valence-corrected chi connectivity index (χ2v) is 7.16. The molecule has 104 valence electrons. The van der Waals surface area contributed by atoms with E-state index in [4.69, 9.17) is 0 Å². The van der Waals surface area contributed by atoms with Gasteiger partial charge in [0, 0.05) is 24.1 Å². The van der Waals surface area contributed by atoms with Gasteiger partial charge in [0.2, 0.25) is 0 Å². The van der Waals surface area contributed by atoms with Crippen molar-refractivity contribution in [1.29, 1.82) is 0 Å². The van der Waals surface area contributed by atoms with Crippen LogP contribution in [0.5, 0.6) is 0 Å². The average Bonchev–Trinajstić information content (AvgIpc) is 2.69. The fourth-order valence-electron chi connectivity index (χ4n) is 1.62. The first-order valence-corrected chi connectivity index (χ1v) is 8.48. The maximum Gasteiger partial charge on any atom is 0.259 e. The minimum Gasteiger partial charge on any atom is -0.334 e. The monoisotopic (exact) mass is 337 g/mol. The number of rotatable bonds is 7. The molecule has 0 aliphatic carbocycles. The lowest BCUT2D eigenvalue weighted by molar-refractivity contribution is 0.574. The minimum absolute atomic E-state index is 0.0954. The van der Waals surface area contributed by atoms with Gasteiger partial charge in [-0.3, -0.25) is 0 Å². The zero-order valence-corrected chi connectivity index (χ0v) is 13.4. The van der Waals surface area contributed by atoms with E-state index in [2.05, 4.69) is 32.6 Å². The third-order valence-corrected chi connectivity index (χ3v) is 4.74. The number of nitrogens with one attached hydrogen (secondary N) is 1. The summed E-state index contributed by atoms with van der Waals surface area (Å²) in [6, 6.07) is 0. The van der Waals surface area contributed by atoms with Crippen molar-refractivity contribution in [3.05, 3.63) is 12.0 Å². The summed E-state index contributed by atoms with van der Waals surface area (Å²) >= 11 is 3.44. The molecule has 0 fully saturated rings. The highest BCUT2D eigenvalue weighted by Gasteiger charge is 2.19. The molecule has 5 nitrogen and oxygen atoms in total. The zero-order chi connectivity index (χ0) is 13.8. The molecule has 0 bridgehead atoms. The Bertz CT molecular complexity index is 484. The molecule has 0 aliphatic heterocycles. The molecule has 0 aromatic carbocycles. The number of aryl methyl sites for hydroxylation is 2. The Balaban J connectivity index is 2.74. The molecule has 0 amide bonds. The lowest BCUT2D eigenvalue weighted by Gasteiger charge is -2.09. The van der Waals surface area contributed by atoms with E-state index in [1.54, 1.807) is 13.1 Å². The topological polar surface area (TPSA) is 64.0 Å². The molecular weight excluding hydrogens is 318 g/mol.